The van der Waals surface area contributed by atoms with Crippen LogP contribution in [0.15, 0.2) is 5.10 Å². The van der Waals surface area contributed by atoms with Crippen molar-refractivity contribution in [2.24, 2.45) is 5.10 Å². The van der Waals surface area contributed by atoms with E-state index in [1.165, 1.54) is 7.11 Å². The lowest BCUT2D eigenvalue weighted by Crippen LogP contribution is -2.30. The predicted molar refractivity (Wildman–Crippen MR) is 36.7 cm³/mol. The molecule has 1 rings (SSSR count). The largest absolute Gasteiger partial charge is 0.467 e. The van der Waals surface area contributed by atoms with E-state index in [0.717, 1.165) is 5.71 Å². The van der Waals surface area contributed by atoms with Crippen LogP contribution >= 0.6 is 0 Å². The van der Waals surface area contributed by atoms with E-state index in [9.17, 15) is 4.79 Å². The third-order valence-electron chi connectivity index (χ3n) is 1.40. The van der Waals surface area contributed by atoms with Gasteiger partial charge in [0.15, 0.2) is 0 Å². The highest BCUT2D eigenvalue weighted by molar-refractivity contribution is 5.90. The third kappa shape index (κ3) is 1.26. The fraction of sp³-hybridized carbons (Fsp3) is 0.667. The molecule has 4 nitrogen and oxygen atoms in total. The highest BCUT2D eigenvalue weighted by atomic mass is 16.5. The molecular weight excluding hydrogens is 132 g/mol. The molecule has 0 saturated carbocycles. The zero-order valence-electron chi connectivity index (χ0n) is 6.05. The van der Waals surface area contributed by atoms with E-state index in [1.54, 1.807) is 0 Å². The maximum absolute atomic E-state index is 10.8. The third-order valence-corrected chi connectivity index (χ3v) is 1.40. The molecule has 10 heavy (non-hydrogen) atoms. The summed E-state index contributed by atoms with van der Waals surface area (Å²) in [6.07, 6.45) is 0.659. The average Bonchev–Trinajstić information content (AvgIpc) is 2.34. The Labute approximate surface area is 59.2 Å². The Kier molecular flexibility index (Phi) is 1.89. The van der Waals surface area contributed by atoms with Crippen LogP contribution in [-0.2, 0) is 9.53 Å². The summed E-state index contributed by atoms with van der Waals surface area (Å²) >= 11 is 0. The molecule has 0 aromatic rings. The van der Waals surface area contributed by atoms with Crippen LogP contribution in [0.2, 0.25) is 0 Å². The molecule has 1 N–H and O–H groups in total. The number of carbonyl (C=O) groups is 1. The van der Waals surface area contributed by atoms with Crippen molar-refractivity contribution in [2.75, 3.05) is 7.11 Å². The van der Waals surface area contributed by atoms with E-state index in [4.69, 9.17) is 0 Å². The molecular formula is C6H10N2O2. The Hall–Kier alpha value is -1.06. The number of ether oxygens (including phenoxy) is 1. The average molecular weight is 142 g/mol. The lowest BCUT2D eigenvalue weighted by molar-refractivity contribution is -0.142. The Balaban J connectivity index is 2.42. The van der Waals surface area contributed by atoms with Crippen molar-refractivity contribution >= 4 is 11.7 Å². The number of hydrazone groups is 1. The van der Waals surface area contributed by atoms with Crippen molar-refractivity contribution < 1.29 is 9.53 Å². The van der Waals surface area contributed by atoms with Gasteiger partial charge in [0.05, 0.1) is 7.11 Å². The van der Waals surface area contributed by atoms with Crippen molar-refractivity contribution in [3.8, 4) is 0 Å². The minimum absolute atomic E-state index is 0.249. The molecule has 1 heterocycles. The van der Waals surface area contributed by atoms with Gasteiger partial charge in [0, 0.05) is 12.1 Å². The smallest absolute Gasteiger partial charge is 0.330 e. The van der Waals surface area contributed by atoms with Crippen LogP contribution < -0.4 is 5.43 Å². The molecule has 1 atom stereocenters. The second kappa shape index (κ2) is 2.68. The number of rotatable bonds is 1. The minimum Gasteiger partial charge on any atom is -0.467 e. The molecule has 0 fully saturated rings. The summed E-state index contributed by atoms with van der Waals surface area (Å²) in [5, 5.41) is 3.85. The number of nitrogens with zero attached hydrogens (tertiary/aromatic N) is 1. The summed E-state index contributed by atoms with van der Waals surface area (Å²) in [5.74, 6) is -0.249. The Morgan fingerprint density at radius 1 is 1.90 bits per heavy atom. The van der Waals surface area contributed by atoms with Crippen LogP contribution in [0.25, 0.3) is 0 Å². The van der Waals surface area contributed by atoms with Gasteiger partial charge in [-0.15, -0.1) is 0 Å². The van der Waals surface area contributed by atoms with Crippen LogP contribution in [-0.4, -0.2) is 24.8 Å². The van der Waals surface area contributed by atoms with Gasteiger partial charge in [-0.25, -0.2) is 4.79 Å². The highest BCUT2D eigenvalue weighted by Crippen LogP contribution is 2.03. The van der Waals surface area contributed by atoms with Gasteiger partial charge in [0.25, 0.3) is 0 Å². The molecule has 0 radical (unpaired) electrons. The molecule has 1 aliphatic heterocycles. The number of hydrogen-bond donors (Lipinski definition) is 1. The van der Waals surface area contributed by atoms with Gasteiger partial charge in [-0.3, -0.25) is 5.43 Å². The fourth-order valence-electron chi connectivity index (χ4n) is 0.853. The first-order valence-corrected chi connectivity index (χ1v) is 3.10. The van der Waals surface area contributed by atoms with E-state index in [-0.39, 0.29) is 12.0 Å². The number of nitrogens with one attached hydrogen (secondary N) is 1. The van der Waals surface area contributed by atoms with Gasteiger partial charge < -0.3 is 4.74 Å². The topological polar surface area (TPSA) is 50.7 Å². The molecule has 4 heteroatoms. The van der Waals surface area contributed by atoms with E-state index in [0.29, 0.717) is 6.42 Å². The zero-order chi connectivity index (χ0) is 7.56. The molecule has 0 aromatic heterocycles. The lowest BCUT2D eigenvalue weighted by atomic mass is 10.2. The summed E-state index contributed by atoms with van der Waals surface area (Å²) in [6.45, 7) is 1.87. The van der Waals surface area contributed by atoms with Crippen molar-refractivity contribution in [3.05, 3.63) is 0 Å². The summed E-state index contributed by atoms with van der Waals surface area (Å²) in [6, 6.07) is -0.259. The normalized spacial score (nSPS) is 23.4. The first kappa shape index (κ1) is 7.05. The Morgan fingerprint density at radius 2 is 2.60 bits per heavy atom. The first-order valence-electron chi connectivity index (χ1n) is 3.10. The number of esters is 1. The van der Waals surface area contributed by atoms with Crippen LogP contribution in [0.3, 0.4) is 0 Å². The molecule has 0 aliphatic carbocycles. The maximum Gasteiger partial charge on any atom is 0.330 e. The molecule has 56 valence electrons. The zero-order valence-corrected chi connectivity index (χ0v) is 6.05. The highest BCUT2D eigenvalue weighted by Gasteiger charge is 2.23. The van der Waals surface area contributed by atoms with Crippen LogP contribution in [0.5, 0.6) is 0 Å². The van der Waals surface area contributed by atoms with Crippen LogP contribution in [0.4, 0.5) is 0 Å². The molecule has 1 unspecified atom stereocenters. The van der Waals surface area contributed by atoms with Crippen molar-refractivity contribution in [2.45, 2.75) is 19.4 Å². The summed E-state index contributed by atoms with van der Waals surface area (Å²) in [7, 11) is 1.37. The van der Waals surface area contributed by atoms with Crippen LogP contribution in [0.1, 0.15) is 13.3 Å². The molecule has 0 amide bonds. The van der Waals surface area contributed by atoms with E-state index in [2.05, 4.69) is 15.3 Å². The van der Waals surface area contributed by atoms with E-state index < -0.39 is 0 Å². The Bertz CT molecular complexity index is 177. The molecule has 0 aromatic carbocycles. The number of carbonyl (C=O) groups excluding carboxylic acids is 1. The molecule has 0 bridgehead atoms. The number of methoxy groups -OCH3 is 1. The van der Waals surface area contributed by atoms with Gasteiger partial charge >= 0.3 is 5.97 Å². The van der Waals surface area contributed by atoms with Crippen LogP contribution in [0, 0.1) is 0 Å². The van der Waals surface area contributed by atoms with Crippen molar-refractivity contribution in [1.29, 1.82) is 0 Å². The molecule has 0 saturated heterocycles. The fourth-order valence-corrected chi connectivity index (χ4v) is 0.853. The Morgan fingerprint density at radius 3 is 3.00 bits per heavy atom. The predicted octanol–water partition coefficient (Wildman–Crippen LogP) is -0.103. The van der Waals surface area contributed by atoms with E-state index >= 15 is 0 Å². The van der Waals surface area contributed by atoms with Gasteiger partial charge in [0.1, 0.15) is 6.04 Å². The van der Waals surface area contributed by atoms with Gasteiger partial charge in [0.2, 0.25) is 0 Å². The van der Waals surface area contributed by atoms with Crippen molar-refractivity contribution in [3.63, 3.8) is 0 Å². The van der Waals surface area contributed by atoms with Gasteiger partial charge in [-0.2, -0.15) is 5.10 Å². The molecule has 0 spiro atoms. The second-order valence-electron chi connectivity index (χ2n) is 2.26. The monoisotopic (exact) mass is 142 g/mol. The number of hydrogen-bond acceptors (Lipinski definition) is 4. The summed E-state index contributed by atoms with van der Waals surface area (Å²) < 4.78 is 4.51. The maximum atomic E-state index is 10.8. The summed E-state index contributed by atoms with van der Waals surface area (Å²) in [5.41, 5.74) is 3.61. The SMILES string of the molecule is COC(=O)C1CC(C)=NN1. The van der Waals surface area contributed by atoms with Gasteiger partial charge in [-0.1, -0.05) is 0 Å². The standard InChI is InChI=1S/C6H10N2O2/c1-4-3-5(8-7-4)6(9)10-2/h5,8H,3H2,1-2H3. The quantitative estimate of drug-likeness (QED) is 0.520. The minimum atomic E-state index is -0.259. The summed E-state index contributed by atoms with van der Waals surface area (Å²) in [4.78, 5) is 10.8. The van der Waals surface area contributed by atoms with Gasteiger partial charge in [-0.05, 0) is 6.92 Å². The first-order chi connectivity index (χ1) is 4.74. The van der Waals surface area contributed by atoms with Crippen molar-refractivity contribution in [1.82, 2.24) is 5.43 Å². The van der Waals surface area contributed by atoms with E-state index in [1.807, 2.05) is 6.92 Å². The molecule has 1 aliphatic rings. The second-order valence-corrected chi connectivity index (χ2v) is 2.26. The lowest BCUT2D eigenvalue weighted by Gasteiger charge is -2.04.